The van der Waals surface area contributed by atoms with Crippen LogP contribution in [0.25, 0.3) is 17.5 Å². The van der Waals surface area contributed by atoms with Crippen molar-refractivity contribution in [3.8, 4) is 23.2 Å². The quantitative estimate of drug-likeness (QED) is 0.232. The van der Waals surface area contributed by atoms with Crippen LogP contribution in [-0.4, -0.2) is 15.9 Å². The van der Waals surface area contributed by atoms with Crippen molar-refractivity contribution in [2.45, 2.75) is 6.61 Å². The standard InChI is InChI=1S/C21H13N3O3S2/c22-11-16(20(25)18-2-1-8-29-18)10-14-3-5-17(6-4-14)26-12-19-23-21(24-27-19)15-7-9-28-13-15/h1-10,13H,12H2. The molecule has 29 heavy (non-hydrogen) atoms. The first-order valence-corrected chi connectivity index (χ1v) is 10.3. The zero-order chi connectivity index (χ0) is 20.1. The summed E-state index contributed by atoms with van der Waals surface area (Å²) in [7, 11) is 0. The maximum Gasteiger partial charge on any atom is 0.264 e. The van der Waals surface area contributed by atoms with Crippen LogP contribution in [0.4, 0.5) is 0 Å². The number of hydrogen-bond donors (Lipinski definition) is 0. The molecule has 142 valence electrons. The van der Waals surface area contributed by atoms with Gasteiger partial charge in [0.1, 0.15) is 17.4 Å². The van der Waals surface area contributed by atoms with E-state index in [2.05, 4.69) is 10.1 Å². The SMILES string of the molecule is N#CC(=Cc1ccc(OCc2nc(-c3ccsc3)no2)cc1)C(=O)c1cccs1. The molecule has 6 nitrogen and oxygen atoms in total. The van der Waals surface area contributed by atoms with Gasteiger partial charge in [0.05, 0.1) is 4.88 Å². The zero-order valence-electron chi connectivity index (χ0n) is 14.9. The second kappa shape index (κ2) is 8.65. The van der Waals surface area contributed by atoms with Gasteiger partial charge in [-0.25, -0.2) is 0 Å². The Bertz CT molecular complexity index is 1170. The number of carbonyl (C=O) groups excluding carboxylic acids is 1. The summed E-state index contributed by atoms with van der Waals surface area (Å²) in [6.07, 6.45) is 1.57. The fraction of sp³-hybridized carbons (Fsp3) is 0.0476. The molecule has 1 aromatic carbocycles. The summed E-state index contributed by atoms with van der Waals surface area (Å²) in [4.78, 5) is 17.2. The lowest BCUT2D eigenvalue weighted by atomic mass is 10.1. The summed E-state index contributed by atoms with van der Waals surface area (Å²) in [6.45, 7) is 0.145. The topological polar surface area (TPSA) is 89.0 Å². The Hall–Kier alpha value is -3.54. The van der Waals surface area contributed by atoms with E-state index in [1.165, 1.54) is 11.3 Å². The molecule has 0 N–H and O–H groups in total. The lowest BCUT2D eigenvalue weighted by Crippen LogP contribution is -1.99. The number of Topliss-reactive ketones (excluding diaryl/α,β-unsaturated/α-hetero) is 1. The Labute approximate surface area is 174 Å². The van der Waals surface area contributed by atoms with Crippen molar-refractivity contribution in [3.05, 3.63) is 80.5 Å². The van der Waals surface area contributed by atoms with Crippen LogP contribution in [0.3, 0.4) is 0 Å². The molecule has 4 rings (SSSR count). The van der Waals surface area contributed by atoms with Crippen molar-refractivity contribution in [1.82, 2.24) is 10.1 Å². The molecule has 3 aromatic heterocycles. The van der Waals surface area contributed by atoms with Crippen molar-refractivity contribution in [1.29, 1.82) is 5.26 Å². The van der Waals surface area contributed by atoms with Gasteiger partial charge in [-0.15, -0.1) is 11.3 Å². The van der Waals surface area contributed by atoms with Crippen LogP contribution in [0.2, 0.25) is 0 Å². The van der Waals surface area contributed by atoms with Gasteiger partial charge in [-0.3, -0.25) is 4.79 Å². The molecular formula is C21H13N3O3S2. The first-order valence-electron chi connectivity index (χ1n) is 8.51. The van der Waals surface area contributed by atoms with E-state index in [1.807, 2.05) is 22.9 Å². The van der Waals surface area contributed by atoms with Crippen LogP contribution in [0.5, 0.6) is 5.75 Å². The van der Waals surface area contributed by atoms with Gasteiger partial charge in [0.2, 0.25) is 11.6 Å². The summed E-state index contributed by atoms with van der Waals surface area (Å²) in [5, 5.41) is 18.9. The number of allylic oxidation sites excluding steroid dienone is 1. The Balaban J connectivity index is 1.40. The first-order chi connectivity index (χ1) is 14.2. The molecule has 0 saturated carbocycles. The minimum absolute atomic E-state index is 0.0907. The van der Waals surface area contributed by atoms with Crippen molar-refractivity contribution >= 4 is 34.5 Å². The average Bonchev–Trinajstić information content (AvgIpc) is 3.52. The number of ether oxygens (including phenoxy) is 1. The first kappa shape index (κ1) is 18.8. The van der Waals surface area contributed by atoms with Gasteiger partial charge >= 0.3 is 0 Å². The van der Waals surface area contributed by atoms with Gasteiger partial charge in [-0.05, 0) is 46.7 Å². The highest BCUT2D eigenvalue weighted by atomic mass is 32.1. The molecule has 0 aliphatic rings. The molecule has 0 aliphatic carbocycles. The predicted molar refractivity (Wildman–Crippen MR) is 111 cm³/mol. The van der Waals surface area contributed by atoms with Crippen LogP contribution < -0.4 is 4.74 Å². The number of nitrogens with zero attached hydrogens (tertiary/aromatic N) is 3. The molecule has 0 aliphatic heterocycles. The number of nitriles is 1. The third-order valence-corrected chi connectivity index (χ3v) is 5.46. The monoisotopic (exact) mass is 419 g/mol. The minimum Gasteiger partial charge on any atom is -0.484 e. The van der Waals surface area contributed by atoms with Crippen LogP contribution in [0.15, 0.2) is 68.7 Å². The average molecular weight is 419 g/mol. The summed E-state index contributed by atoms with van der Waals surface area (Å²) >= 11 is 2.88. The second-order valence-electron chi connectivity index (χ2n) is 5.86. The molecule has 4 aromatic rings. The molecule has 0 spiro atoms. The van der Waals surface area contributed by atoms with E-state index in [0.29, 0.717) is 22.3 Å². The fourth-order valence-electron chi connectivity index (χ4n) is 2.48. The largest absolute Gasteiger partial charge is 0.484 e. The van der Waals surface area contributed by atoms with E-state index in [4.69, 9.17) is 9.26 Å². The summed E-state index contributed by atoms with van der Waals surface area (Å²) in [6, 6.07) is 14.5. The maximum absolute atomic E-state index is 12.3. The van der Waals surface area contributed by atoms with Gasteiger partial charge in [0.25, 0.3) is 5.89 Å². The molecular weight excluding hydrogens is 406 g/mol. The van der Waals surface area contributed by atoms with Crippen molar-refractivity contribution in [3.63, 3.8) is 0 Å². The van der Waals surface area contributed by atoms with Gasteiger partial charge in [0, 0.05) is 10.9 Å². The molecule has 3 heterocycles. The number of benzene rings is 1. The number of ketones is 1. The van der Waals surface area contributed by atoms with E-state index < -0.39 is 0 Å². The molecule has 0 radical (unpaired) electrons. The molecule has 0 bridgehead atoms. The summed E-state index contributed by atoms with van der Waals surface area (Å²) < 4.78 is 10.9. The zero-order valence-corrected chi connectivity index (χ0v) is 16.6. The molecule has 8 heteroatoms. The number of rotatable bonds is 7. The Morgan fingerprint density at radius 1 is 1.21 bits per heavy atom. The Morgan fingerprint density at radius 2 is 2.07 bits per heavy atom. The molecule has 0 saturated heterocycles. The minimum atomic E-state index is -0.277. The summed E-state index contributed by atoms with van der Waals surface area (Å²) in [5.74, 6) is 1.24. The molecule has 0 atom stereocenters. The smallest absolute Gasteiger partial charge is 0.264 e. The maximum atomic E-state index is 12.3. The van der Waals surface area contributed by atoms with E-state index in [9.17, 15) is 10.1 Å². The van der Waals surface area contributed by atoms with Crippen LogP contribution in [-0.2, 0) is 6.61 Å². The van der Waals surface area contributed by atoms with Gasteiger partial charge in [-0.2, -0.15) is 21.6 Å². The fourth-order valence-corrected chi connectivity index (χ4v) is 3.80. The van der Waals surface area contributed by atoms with E-state index >= 15 is 0 Å². The van der Waals surface area contributed by atoms with Crippen molar-refractivity contribution in [2.75, 3.05) is 0 Å². The molecule has 0 amide bonds. The highest BCUT2D eigenvalue weighted by Crippen LogP contribution is 2.21. The second-order valence-corrected chi connectivity index (χ2v) is 7.59. The predicted octanol–water partition coefficient (Wildman–Crippen LogP) is 5.23. The Kier molecular flexibility index (Phi) is 5.61. The molecule has 0 fully saturated rings. The van der Waals surface area contributed by atoms with E-state index in [1.54, 1.807) is 59.2 Å². The normalized spacial score (nSPS) is 11.2. The number of aromatic nitrogens is 2. The summed E-state index contributed by atoms with van der Waals surface area (Å²) in [5.41, 5.74) is 1.73. The lowest BCUT2D eigenvalue weighted by Gasteiger charge is -2.03. The van der Waals surface area contributed by atoms with Crippen molar-refractivity contribution in [2.24, 2.45) is 0 Å². The third kappa shape index (κ3) is 4.48. The lowest BCUT2D eigenvalue weighted by molar-refractivity contribution is 0.104. The van der Waals surface area contributed by atoms with Gasteiger partial charge in [0.15, 0.2) is 6.61 Å². The molecule has 0 unspecified atom stereocenters. The van der Waals surface area contributed by atoms with Crippen LogP contribution in [0.1, 0.15) is 21.1 Å². The highest BCUT2D eigenvalue weighted by Gasteiger charge is 2.13. The van der Waals surface area contributed by atoms with E-state index in [0.717, 1.165) is 11.1 Å². The van der Waals surface area contributed by atoms with E-state index in [-0.39, 0.29) is 18.0 Å². The third-order valence-electron chi connectivity index (χ3n) is 3.91. The highest BCUT2D eigenvalue weighted by molar-refractivity contribution is 7.12. The van der Waals surface area contributed by atoms with Crippen molar-refractivity contribution < 1.29 is 14.1 Å². The van der Waals surface area contributed by atoms with Gasteiger partial charge in [-0.1, -0.05) is 23.4 Å². The van der Waals surface area contributed by atoms with Crippen LogP contribution >= 0.6 is 22.7 Å². The number of thiophene rings is 2. The van der Waals surface area contributed by atoms with Crippen LogP contribution in [0, 0.1) is 11.3 Å². The Morgan fingerprint density at radius 3 is 2.76 bits per heavy atom. The van der Waals surface area contributed by atoms with Gasteiger partial charge < -0.3 is 9.26 Å². The number of hydrogen-bond acceptors (Lipinski definition) is 8. The number of carbonyl (C=O) groups is 1.